The van der Waals surface area contributed by atoms with Crippen LogP contribution in [-0.2, 0) is 30.3 Å². The molecule has 1 N–H and O–H groups in total. The van der Waals surface area contributed by atoms with Gasteiger partial charge in [0.15, 0.2) is 9.84 Å². The summed E-state index contributed by atoms with van der Waals surface area (Å²) in [5.74, 6) is -3.08. The number of nitrogens with one attached hydrogen (secondary N) is 1. The molecule has 0 aliphatic heterocycles. The fourth-order valence-corrected chi connectivity index (χ4v) is 4.86. The van der Waals surface area contributed by atoms with Crippen molar-refractivity contribution in [1.29, 1.82) is 5.26 Å². The number of ether oxygens (including phenoxy) is 1. The van der Waals surface area contributed by atoms with Gasteiger partial charge in [-0.3, -0.25) is 14.1 Å². The van der Waals surface area contributed by atoms with Gasteiger partial charge in [-0.15, -0.1) is 0 Å². The third-order valence-electron chi connectivity index (χ3n) is 4.99. The number of nitriles is 1. The van der Waals surface area contributed by atoms with Crippen molar-refractivity contribution in [2.24, 2.45) is 0 Å². The normalized spacial score (nSPS) is 13.9. The van der Waals surface area contributed by atoms with Gasteiger partial charge in [0, 0.05) is 24.7 Å². The molecule has 2 aromatic carbocycles. The summed E-state index contributed by atoms with van der Waals surface area (Å²) in [6.07, 6.45) is -4.87. The maximum Gasteiger partial charge on any atom is 0.417 e. The number of sulfone groups is 1. The maximum atomic E-state index is 13.3. The summed E-state index contributed by atoms with van der Waals surface area (Å²) < 4.78 is 71.4. The van der Waals surface area contributed by atoms with E-state index in [-0.39, 0.29) is 10.6 Å². The van der Waals surface area contributed by atoms with Gasteiger partial charge in [-0.2, -0.15) is 18.4 Å². The first-order chi connectivity index (χ1) is 15.9. The van der Waals surface area contributed by atoms with Crippen LogP contribution in [0.3, 0.4) is 0 Å². The molecule has 35 heavy (non-hydrogen) atoms. The molecule has 1 atom stereocenters. The molecule has 2 aromatic rings. The molecule has 2 rings (SSSR count). The van der Waals surface area contributed by atoms with Gasteiger partial charge < -0.3 is 10.1 Å². The third kappa shape index (κ3) is 6.80. The molecular formula is C23H25F3N3O5S+. The zero-order valence-electron chi connectivity index (χ0n) is 19.7. The van der Waals surface area contributed by atoms with Gasteiger partial charge in [-0.25, -0.2) is 8.42 Å². The fourth-order valence-electron chi connectivity index (χ4n) is 3.22. The number of esters is 1. The smallest absolute Gasteiger partial charge is 0.417 e. The molecule has 0 spiro atoms. The number of nitrogens with zero attached hydrogens (tertiary/aromatic N) is 2. The van der Waals surface area contributed by atoms with E-state index in [9.17, 15) is 31.2 Å². The van der Waals surface area contributed by atoms with E-state index in [0.717, 1.165) is 31.7 Å². The van der Waals surface area contributed by atoms with Gasteiger partial charge in [0.2, 0.25) is 5.60 Å². The molecule has 0 saturated carbocycles. The van der Waals surface area contributed by atoms with Crippen LogP contribution in [0.25, 0.3) is 0 Å². The van der Waals surface area contributed by atoms with Crippen LogP contribution in [0, 0.1) is 11.3 Å². The monoisotopic (exact) mass is 512 g/mol. The van der Waals surface area contributed by atoms with Crippen molar-refractivity contribution in [1.82, 2.24) is 4.48 Å². The molecule has 0 aliphatic carbocycles. The van der Waals surface area contributed by atoms with Gasteiger partial charge >= 0.3 is 12.1 Å². The summed E-state index contributed by atoms with van der Waals surface area (Å²) in [5.41, 5.74) is -3.75. The zero-order valence-corrected chi connectivity index (χ0v) is 20.5. The lowest BCUT2D eigenvalue weighted by molar-refractivity contribution is -0.160. The Kier molecular flexibility index (Phi) is 7.69. The van der Waals surface area contributed by atoms with Crippen LogP contribution in [-0.4, -0.2) is 52.8 Å². The van der Waals surface area contributed by atoms with Gasteiger partial charge in [-0.1, -0.05) is 0 Å². The molecule has 0 bridgehead atoms. The number of halogens is 3. The first-order valence-corrected chi connectivity index (χ1v) is 11.8. The van der Waals surface area contributed by atoms with Crippen LogP contribution in [0.4, 0.5) is 24.5 Å². The second-order valence-corrected chi connectivity index (χ2v) is 10.9. The Morgan fingerprint density at radius 2 is 1.66 bits per heavy atom. The highest BCUT2D eigenvalue weighted by Gasteiger charge is 2.42. The summed E-state index contributed by atoms with van der Waals surface area (Å²) in [4.78, 5) is 24.5. The predicted molar refractivity (Wildman–Crippen MR) is 123 cm³/mol. The largest absolute Gasteiger partial charge is 0.448 e. The van der Waals surface area contributed by atoms with Gasteiger partial charge in [-0.05, 0) is 37.3 Å². The summed E-state index contributed by atoms with van der Waals surface area (Å²) >= 11 is 0. The molecule has 0 saturated heterocycles. The first-order valence-electron chi connectivity index (χ1n) is 10.2. The van der Waals surface area contributed by atoms with E-state index in [1.54, 1.807) is 12.1 Å². The Morgan fingerprint density at radius 1 is 1.09 bits per heavy atom. The topological polar surface area (TPSA) is 113 Å². The molecule has 0 radical (unpaired) electrons. The van der Waals surface area contributed by atoms with Crippen LogP contribution in [0.1, 0.15) is 25.0 Å². The lowest BCUT2D eigenvalue weighted by atomic mass is 10.1. The molecular weight excluding hydrogens is 487 g/mol. The van der Waals surface area contributed by atoms with E-state index < -0.39 is 50.4 Å². The Balaban J connectivity index is 2.40. The van der Waals surface area contributed by atoms with Crippen LogP contribution in [0.15, 0.2) is 47.4 Å². The number of carbonyl (C=O) groups is 2. The highest BCUT2D eigenvalue weighted by Crippen LogP contribution is 2.34. The van der Waals surface area contributed by atoms with E-state index >= 15 is 0 Å². The number of amides is 1. The van der Waals surface area contributed by atoms with Gasteiger partial charge in [0.1, 0.15) is 11.4 Å². The van der Waals surface area contributed by atoms with Crippen LogP contribution < -0.4 is 9.80 Å². The Labute approximate surface area is 201 Å². The van der Waals surface area contributed by atoms with Crippen molar-refractivity contribution in [2.45, 2.75) is 30.5 Å². The summed E-state index contributed by atoms with van der Waals surface area (Å²) in [6.45, 7) is 2.02. The zero-order chi connectivity index (χ0) is 26.8. The summed E-state index contributed by atoms with van der Waals surface area (Å²) in [7, 11) is 1.49. The number of hydrogen-bond acceptors (Lipinski definition) is 6. The quantitative estimate of drug-likeness (QED) is 0.449. The molecule has 12 heteroatoms. The van der Waals surface area contributed by atoms with Crippen LogP contribution in [0.5, 0.6) is 0 Å². The number of rotatable bonds is 7. The van der Waals surface area contributed by atoms with Gasteiger partial charge in [0.05, 0.1) is 43.2 Å². The molecule has 1 amide bonds. The lowest BCUT2D eigenvalue weighted by Gasteiger charge is -2.28. The fraction of sp³-hybridized carbons (Fsp3) is 0.348. The molecule has 0 aromatic heterocycles. The van der Waals surface area contributed by atoms with Crippen LogP contribution >= 0.6 is 0 Å². The maximum absolute atomic E-state index is 13.3. The highest BCUT2D eigenvalue weighted by atomic mass is 32.2. The first kappa shape index (κ1) is 27.8. The van der Waals surface area contributed by atoms with E-state index in [4.69, 9.17) is 10.00 Å². The van der Waals surface area contributed by atoms with Gasteiger partial charge in [0.25, 0.3) is 5.91 Å². The SMILES string of the molecule is CC(=O)OC(C)(CS(=O)(=O)c1ccc([N+](C)(C)C)cc1)C(=O)Nc1ccc(C#N)c(C(F)(F)F)c1. The van der Waals surface area contributed by atoms with Crippen molar-refractivity contribution < 1.29 is 35.9 Å². The molecule has 0 fully saturated rings. The molecule has 0 heterocycles. The summed E-state index contributed by atoms with van der Waals surface area (Å²) in [6, 6.07) is 9.81. The predicted octanol–water partition coefficient (Wildman–Crippen LogP) is 3.51. The molecule has 188 valence electrons. The minimum absolute atomic E-state index is 0.126. The third-order valence-corrected chi connectivity index (χ3v) is 6.91. The second-order valence-electron chi connectivity index (χ2n) is 8.91. The minimum atomic E-state index is -4.87. The van der Waals surface area contributed by atoms with Crippen molar-refractivity contribution in [3.05, 3.63) is 53.6 Å². The Morgan fingerprint density at radius 3 is 2.11 bits per heavy atom. The number of benzene rings is 2. The van der Waals surface area contributed by atoms with Crippen molar-refractivity contribution in [3.63, 3.8) is 0 Å². The Bertz CT molecular complexity index is 1280. The lowest BCUT2D eigenvalue weighted by Crippen LogP contribution is -2.49. The Hall–Kier alpha value is -3.43. The van der Waals surface area contributed by atoms with Crippen molar-refractivity contribution in [2.75, 3.05) is 32.2 Å². The van der Waals surface area contributed by atoms with E-state index in [1.807, 2.05) is 21.1 Å². The number of carbonyl (C=O) groups excluding carboxylic acids is 2. The van der Waals surface area contributed by atoms with E-state index in [2.05, 4.69) is 5.32 Å². The standard InChI is InChI=1S/C23H24F3N3O5S/c1-15(30)34-22(2,14-35(32,33)19-10-8-18(9-11-19)29(3,4)5)21(31)28-17-7-6-16(13-27)20(12-17)23(24,25)26/h6-12H,14H2,1-5H3/p+1. The molecule has 1 unspecified atom stereocenters. The number of anilines is 1. The number of alkyl halides is 3. The van der Waals surface area contributed by atoms with Crippen molar-refractivity contribution >= 4 is 33.1 Å². The average Bonchev–Trinajstić information content (AvgIpc) is 2.71. The molecule has 0 aliphatic rings. The summed E-state index contributed by atoms with van der Waals surface area (Å²) in [5, 5.41) is 11.1. The number of quaternary nitrogens is 1. The molecule has 8 nitrogen and oxygen atoms in total. The highest BCUT2D eigenvalue weighted by molar-refractivity contribution is 7.91. The second kappa shape index (κ2) is 9.67. The number of hydrogen-bond donors (Lipinski definition) is 1. The average molecular weight is 513 g/mol. The van der Waals surface area contributed by atoms with Crippen molar-refractivity contribution in [3.8, 4) is 6.07 Å². The van der Waals surface area contributed by atoms with E-state index in [0.29, 0.717) is 10.5 Å². The minimum Gasteiger partial charge on any atom is -0.448 e. The van der Waals surface area contributed by atoms with E-state index in [1.165, 1.54) is 18.2 Å². The van der Waals surface area contributed by atoms with Crippen LogP contribution in [0.2, 0.25) is 0 Å².